The van der Waals surface area contributed by atoms with E-state index in [2.05, 4.69) is 42.5 Å². The summed E-state index contributed by atoms with van der Waals surface area (Å²) >= 11 is 16.3. The van der Waals surface area contributed by atoms with Crippen LogP contribution in [-0.2, 0) is 43.0 Å². The van der Waals surface area contributed by atoms with E-state index >= 15 is 0 Å². The van der Waals surface area contributed by atoms with Crippen LogP contribution in [0.4, 0.5) is 34.1 Å². The molecule has 0 aromatic heterocycles. The van der Waals surface area contributed by atoms with Crippen molar-refractivity contribution in [3.8, 4) is 0 Å². The summed E-state index contributed by atoms with van der Waals surface area (Å²) in [6, 6.07) is 16.8. The molecule has 0 radical (unpaired) electrons. The first kappa shape index (κ1) is 56.2. The van der Waals surface area contributed by atoms with Crippen LogP contribution in [0.3, 0.4) is 0 Å². The lowest BCUT2D eigenvalue weighted by molar-refractivity contribution is -0.385. The average Bonchev–Trinajstić information content (AvgIpc) is 3.98. The van der Waals surface area contributed by atoms with Crippen LogP contribution in [0.15, 0.2) is 72.8 Å². The van der Waals surface area contributed by atoms with Crippen LogP contribution in [0.1, 0.15) is 12.8 Å². The van der Waals surface area contributed by atoms with E-state index in [1.807, 2.05) is 0 Å². The van der Waals surface area contributed by atoms with E-state index in [1.54, 1.807) is 0 Å². The molecule has 3 heterocycles. The number of carbonyl (C=O) groups excluding carboxylic acids is 6. The Balaban J connectivity index is 0.883. The van der Waals surface area contributed by atoms with Gasteiger partial charge >= 0.3 is 11.9 Å². The molecule has 0 unspecified atom stereocenters. The number of rotatable bonds is 19. The van der Waals surface area contributed by atoms with Gasteiger partial charge in [-0.25, -0.2) is 9.59 Å². The Morgan fingerprint density at radius 2 is 0.840 bits per heavy atom. The topological polar surface area (TPSA) is 359 Å². The Morgan fingerprint density at radius 1 is 0.531 bits per heavy atom. The number of esters is 2. The molecule has 4 amide bonds. The molecular weight excluding hydrogens is 1120 g/mol. The number of methoxy groups -OCH3 is 2. The highest BCUT2D eigenvalue weighted by Crippen LogP contribution is 2.82. The van der Waals surface area contributed by atoms with Gasteiger partial charge in [0.25, 0.3) is 17.1 Å². The highest BCUT2D eigenvalue weighted by Gasteiger charge is 2.92. The van der Waals surface area contributed by atoms with Crippen molar-refractivity contribution >= 4 is 122 Å². The minimum atomic E-state index is -1.90. The molecule has 7 fully saturated rings. The number of benzene rings is 3. The monoisotopic (exact) mass is 1170 g/mol. The van der Waals surface area contributed by atoms with Gasteiger partial charge < -0.3 is 56.7 Å². The molecule has 3 saturated heterocycles. The molecule has 426 valence electrons. The summed E-state index contributed by atoms with van der Waals surface area (Å²) in [6.45, 7) is 0.189. The molecular formula is C51H54N12O15S3. The maximum Gasteiger partial charge on any atom is 0.338 e. The number of nitro benzene ring substituents is 3. The van der Waals surface area contributed by atoms with Gasteiger partial charge in [-0.15, -0.1) is 0 Å². The largest absolute Gasteiger partial charge is 0.467 e. The first-order valence-corrected chi connectivity index (χ1v) is 27.1. The highest BCUT2D eigenvalue weighted by atomic mass is 32.1. The molecule has 4 aliphatic carbocycles. The summed E-state index contributed by atoms with van der Waals surface area (Å²) in [6.07, 6.45) is 0.527. The van der Waals surface area contributed by atoms with Crippen molar-refractivity contribution in [1.82, 2.24) is 31.5 Å². The molecule has 0 spiro atoms. The van der Waals surface area contributed by atoms with Crippen molar-refractivity contribution in [2.75, 3.05) is 69.4 Å². The van der Waals surface area contributed by atoms with Crippen molar-refractivity contribution < 1.29 is 57.7 Å². The lowest BCUT2D eigenvalue weighted by atomic mass is 9.46. The number of nitrogens with zero attached hydrogens (tertiary/aromatic N) is 4. The van der Waals surface area contributed by atoms with E-state index in [9.17, 15) is 59.1 Å². The fraction of sp³-hybridized carbons (Fsp3) is 0.471. The Bertz CT molecular complexity index is 2990. The molecule has 81 heavy (non-hydrogen) atoms. The Kier molecular flexibility index (Phi) is 15.3. The van der Waals surface area contributed by atoms with Gasteiger partial charge in [-0.2, -0.15) is 0 Å². The fourth-order valence-electron chi connectivity index (χ4n) is 15.0. The number of carbonyl (C=O) groups is 6. The zero-order chi connectivity index (χ0) is 57.8. The first-order valence-electron chi connectivity index (χ1n) is 25.9. The van der Waals surface area contributed by atoms with Gasteiger partial charge in [0.15, 0.2) is 26.5 Å². The number of nitro groups is 3. The third-order valence-corrected chi connectivity index (χ3v) is 18.1. The van der Waals surface area contributed by atoms with Gasteiger partial charge in [0.05, 0.1) is 52.7 Å². The molecule has 4 saturated carbocycles. The zero-order valence-corrected chi connectivity index (χ0v) is 45.6. The number of anilines is 3. The Labute approximate surface area is 476 Å². The van der Waals surface area contributed by atoms with E-state index < -0.39 is 133 Å². The Hall–Kier alpha value is -8.09. The fourth-order valence-corrected chi connectivity index (χ4v) is 15.6. The third kappa shape index (κ3) is 9.54. The predicted octanol–water partition coefficient (Wildman–Crippen LogP) is 2.37. The van der Waals surface area contributed by atoms with Crippen LogP contribution < -0.4 is 42.5 Å². The van der Waals surface area contributed by atoms with E-state index in [4.69, 9.17) is 50.9 Å². The molecule has 14 atom stereocenters. The van der Waals surface area contributed by atoms with Gasteiger partial charge in [0.1, 0.15) is 0 Å². The summed E-state index contributed by atoms with van der Waals surface area (Å²) in [5.41, 5.74) is -2.71. The summed E-state index contributed by atoms with van der Waals surface area (Å²) in [7, 11) is 2.39. The summed E-state index contributed by atoms with van der Waals surface area (Å²) in [5, 5.41) is 57.4. The molecule has 6 bridgehead atoms. The number of nitrogens with one attached hydrogen (secondary N) is 8. The maximum atomic E-state index is 14.9. The van der Waals surface area contributed by atoms with E-state index in [1.165, 1.54) is 91.9 Å². The van der Waals surface area contributed by atoms with Crippen LogP contribution in [0.5, 0.6) is 0 Å². The van der Waals surface area contributed by atoms with Gasteiger partial charge in [0.2, 0.25) is 23.6 Å². The number of hydrogen-bond donors (Lipinski definition) is 8. The van der Waals surface area contributed by atoms with E-state index in [-0.39, 0.29) is 78.1 Å². The summed E-state index contributed by atoms with van der Waals surface area (Å²) in [4.78, 5) is 122. The van der Waals surface area contributed by atoms with Crippen molar-refractivity contribution in [3.63, 3.8) is 0 Å². The molecule has 3 aromatic rings. The van der Waals surface area contributed by atoms with Crippen molar-refractivity contribution in [1.29, 1.82) is 0 Å². The smallest absolute Gasteiger partial charge is 0.338 e. The molecule has 27 nitrogen and oxygen atoms in total. The van der Waals surface area contributed by atoms with E-state index in [0.717, 1.165) is 0 Å². The number of fused-ring (bicyclic) bond motifs is 19. The van der Waals surface area contributed by atoms with Gasteiger partial charge in [-0.05, 0) is 110 Å². The van der Waals surface area contributed by atoms with Gasteiger partial charge in [-0.3, -0.25) is 54.4 Å². The second kappa shape index (κ2) is 22.1. The number of imide groups is 1. The molecule has 3 aromatic carbocycles. The number of amides is 4. The maximum absolute atomic E-state index is 14.9. The van der Waals surface area contributed by atoms with Crippen LogP contribution in [0.25, 0.3) is 0 Å². The number of hydrogen-bond acceptors (Lipinski definition) is 18. The SMILES string of the molecule is COC(=O)[C@]12O[C@](C(=O)OC)([C@@H]3[C@@H]4C[C@@H]([C@H](C(=O)NCCNC(=S)Nc5ccc([N+](=O)[O-])cc5)[C@@H]4C(=O)NCCNC(=S)Nc4ccc([N+](=O)[O-])cc4)[C@@H]31)[C@H]1[C@H]3C[C@H]([C@H]4C(=O)N(CCNC(=S)Nc5ccc([N+](=O)[O-])cc5)C(=O)[C@@H]34)[C@H]12. The molecule has 3 aliphatic heterocycles. The van der Waals surface area contributed by atoms with Crippen molar-refractivity contribution in [2.24, 2.45) is 71.0 Å². The summed E-state index contributed by atoms with van der Waals surface area (Å²) in [5.74, 6) is -13.7. The van der Waals surface area contributed by atoms with Crippen LogP contribution in [-0.4, -0.2) is 135 Å². The molecule has 8 N–H and O–H groups in total. The number of thiocarbonyl (C=S) groups is 3. The van der Waals surface area contributed by atoms with E-state index in [0.29, 0.717) is 23.5 Å². The predicted molar refractivity (Wildman–Crippen MR) is 296 cm³/mol. The van der Waals surface area contributed by atoms with Crippen LogP contribution in [0, 0.1) is 101 Å². The minimum absolute atomic E-state index is 0.00682. The van der Waals surface area contributed by atoms with Gasteiger partial charge in [0, 0.05) is 116 Å². The number of ether oxygens (including phenoxy) is 3. The zero-order valence-electron chi connectivity index (χ0n) is 43.2. The second-order valence-electron chi connectivity index (χ2n) is 21.0. The molecule has 30 heteroatoms. The average molecular weight is 1170 g/mol. The minimum Gasteiger partial charge on any atom is -0.467 e. The third-order valence-electron chi connectivity index (χ3n) is 17.4. The summed E-state index contributed by atoms with van der Waals surface area (Å²) < 4.78 is 18.3. The van der Waals surface area contributed by atoms with Gasteiger partial charge in [-0.1, -0.05) is 0 Å². The van der Waals surface area contributed by atoms with Crippen LogP contribution in [0.2, 0.25) is 0 Å². The number of non-ortho nitro benzene ring substituents is 3. The molecule has 10 rings (SSSR count). The molecule has 7 aliphatic rings. The lowest BCUT2D eigenvalue weighted by Crippen LogP contribution is -2.65. The van der Waals surface area contributed by atoms with Crippen LogP contribution >= 0.6 is 36.7 Å². The highest BCUT2D eigenvalue weighted by molar-refractivity contribution is 7.80. The number of likely N-dealkylation sites (tertiary alicyclic amines) is 1. The van der Waals surface area contributed by atoms with Crippen molar-refractivity contribution in [3.05, 3.63) is 103 Å². The second-order valence-corrected chi connectivity index (χ2v) is 22.2. The standard InChI is InChI=1S/C51H54N12O15S3/c1-76-45(68)50-37-29-21-30(34(42(65)53-16-18-55-48(80)58-24-5-11-27(12-6-24)62(72)73)33(29)41(64)52-15-17-54-47(79)57-23-3-9-26(10-4-23)61(70)71)38(37)51(78-50,46(69)77-2)40-32-22-31(39(40)50)35-36(32)44(67)60(43(35)66)20-19-56-49(81)59-25-7-13-28(14-8-25)63(74)75/h3-14,29-40H,15-22H2,1-2H3,(H,52,64)(H,53,65)(H2,54,57,79)(H2,55,58,80)(H2,56,59,81)/t29-,30+,31+,32-,33-,34+,35+,36-,37-,38+,39+,40-,50-,51+. The Morgan fingerprint density at radius 3 is 1.17 bits per heavy atom. The lowest BCUT2D eigenvalue weighted by Gasteiger charge is -2.52. The first-order chi connectivity index (χ1) is 38.8. The quantitative estimate of drug-likeness (QED) is 0.0213. The van der Waals surface area contributed by atoms with Crippen molar-refractivity contribution in [2.45, 2.75) is 24.0 Å². The normalized spacial score (nSPS) is 30.0.